The van der Waals surface area contributed by atoms with E-state index >= 15 is 0 Å². The molecule has 8 heteroatoms. The molecule has 0 saturated carbocycles. The fourth-order valence-corrected chi connectivity index (χ4v) is 4.64. The highest BCUT2D eigenvalue weighted by Gasteiger charge is 2.44. The fourth-order valence-electron chi connectivity index (χ4n) is 3.97. The summed E-state index contributed by atoms with van der Waals surface area (Å²) in [5, 5.41) is 12.3. The van der Waals surface area contributed by atoms with Gasteiger partial charge in [-0.25, -0.2) is 4.39 Å². The summed E-state index contributed by atoms with van der Waals surface area (Å²) in [6.07, 6.45) is 0.643. The molecule has 158 valence electrons. The molecule has 2 aliphatic rings. The summed E-state index contributed by atoms with van der Waals surface area (Å²) in [4.78, 5) is 30.0. The SMILES string of the molecule is O=C(C1=C(O)C(=O)N(CCCN2CCOCC2)[C@H]1c1ccccc1F)c1cccs1. The normalized spacial score (nSPS) is 20.2. The number of hydrogen-bond donors (Lipinski definition) is 1. The third-order valence-electron chi connectivity index (χ3n) is 5.47. The predicted octanol–water partition coefficient (Wildman–Crippen LogP) is 3.19. The highest BCUT2D eigenvalue weighted by molar-refractivity contribution is 7.12. The van der Waals surface area contributed by atoms with E-state index in [4.69, 9.17) is 4.74 Å². The number of hydrogen-bond acceptors (Lipinski definition) is 6. The number of ketones is 1. The minimum absolute atomic E-state index is 0.0566. The van der Waals surface area contributed by atoms with Crippen LogP contribution >= 0.6 is 11.3 Å². The minimum atomic E-state index is -0.946. The first-order valence-electron chi connectivity index (χ1n) is 9.94. The van der Waals surface area contributed by atoms with Crippen molar-refractivity contribution in [3.8, 4) is 0 Å². The van der Waals surface area contributed by atoms with Crippen LogP contribution in [-0.4, -0.2) is 66.0 Å². The average Bonchev–Trinajstić information content (AvgIpc) is 3.38. The first-order chi connectivity index (χ1) is 14.6. The highest BCUT2D eigenvalue weighted by atomic mass is 32.1. The third-order valence-corrected chi connectivity index (χ3v) is 6.34. The average molecular weight is 431 g/mol. The second-order valence-corrected chi connectivity index (χ2v) is 8.25. The van der Waals surface area contributed by atoms with Gasteiger partial charge in [0.05, 0.1) is 29.7 Å². The van der Waals surface area contributed by atoms with Gasteiger partial charge in [0.1, 0.15) is 5.82 Å². The van der Waals surface area contributed by atoms with Crippen molar-refractivity contribution in [2.75, 3.05) is 39.4 Å². The number of aliphatic hydroxyl groups is 1. The van der Waals surface area contributed by atoms with E-state index in [-0.39, 0.29) is 11.1 Å². The number of halogens is 1. The van der Waals surface area contributed by atoms with Gasteiger partial charge in [0.15, 0.2) is 5.76 Å². The summed E-state index contributed by atoms with van der Waals surface area (Å²) in [6, 6.07) is 8.50. The predicted molar refractivity (Wildman–Crippen MR) is 111 cm³/mol. The van der Waals surface area contributed by atoms with Gasteiger partial charge >= 0.3 is 0 Å². The Morgan fingerprint density at radius 2 is 1.93 bits per heavy atom. The molecule has 2 aromatic rings. The summed E-state index contributed by atoms with van der Waals surface area (Å²) in [5.41, 5.74) is 0.153. The number of aliphatic hydroxyl groups excluding tert-OH is 1. The number of morpholine rings is 1. The molecule has 1 saturated heterocycles. The zero-order chi connectivity index (χ0) is 21.1. The van der Waals surface area contributed by atoms with Crippen LogP contribution in [0.25, 0.3) is 0 Å². The van der Waals surface area contributed by atoms with Crippen molar-refractivity contribution in [1.82, 2.24) is 9.80 Å². The smallest absolute Gasteiger partial charge is 0.290 e. The lowest BCUT2D eigenvalue weighted by molar-refractivity contribution is -0.129. The molecule has 4 rings (SSSR count). The Bertz CT molecular complexity index is 954. The Hall–Kier alpha value is -2.55. The monoisotopic (exact) mass is 430 g/mol. The number of carbonyl (C=O) groups excluding carboxylic acids is 2. The van der Waals surface area contributed by atoms with E-state index in [2.05, 4.69) is 4.90 Å². The molecule has 1 N–H and O–H groups in total. The van der Waals surface area contributed by atoms with Crippen molar-refractivity contribution < 1.29 is 23.8 Å². The minimum Gasteiger partial charge on any atom is -0.503 e. The molecule has 1 fully saturated rings. The summed E-state index contributed by atoms with van der Waals surface area (Å²) < 4.78 is 20.0. The van der Waals surface area contributed by atoms with Crippen LogP contribution < -0.4 is 0 Å². The Morgan fingerprint density at radius 3 is 2.63 bits per heavy atom. The molecule has 1 aromatic carbocycles. The van der Waals surface area contributed by atoms with Crippen LogP contribution in [0.15, 0.2) is 53.1 Å². The molecule has 30 heavy (non-hydrogen) atoms. The van der Waals surface area contributed by atoms with Gasteiger partial charge in [-0.2, -0.15) is 0 Å². The molecule has 1 amide bonds. The van der Waals surface area contributed by atoms with Crippen molar-refractivity contribution in [2.45, 2.75) is 12.5 Å². The van der Waals surface area contributed by atoms with Gasteiger partial charge in [-0.1, -0.05) is 24.3 Å². The van der Waals surface area contributed by atoms with Crippen molar-refractivity contribution in [1.29, 1.82) is 0 Å². The first-order valence-corrected chi connectivity index (χ1v) is 10.8. The van der Waals surface area contributed by atoms with Crippen molar-refractivity contribution in [3.05, 3.63) is 69.4 Å². The molecule has 6 nitrogen and oxygen atoms in total. The number of nitrogens with zero attached hydrogens (tertiary/aromatic N) is 2. The summed E-state index contributed by atoms with van der Waals surface area (Å²) in [5.74, 6) is -2.18. The lowest BCUT2D eigenvalue weighted by Crippen LogP contribution is -2.39. The number of ether oxygens (including phenoxy) is 1. The topological polar surface area (TPSA) is 70.1 Å². The molecule has 0 radical (unpaired) electrons. The number of amides is 1. The van der Waals surface area contributed by atoms with Crippen LogP contribution in [0.2, 0.25) is 0 Å². The van der Waals surface area contributed by atoms with Gasteiger partial charge in [0.25, 0.3) is 5.91 Å². The number of benzene rings is 1. The van der Waals surface area contributed by atoms with Crippen LogP contribution in [0.5, 0.6) is 0 Å². The van der Waals surface area contributed by atoms with Gasteiger partial charge in [-0.05, 0) is 23.9 Å². The molecule has 1 aromatic heterocycles. The number of carbonyl (C=O) groups is 2. The Labute approximate surface area is 178 Å². The molecule has 3 heterocycles. The van der Waals surface area contributed by atoms with Gasteiger partial charge < -0.3 is 14.7 Å². The molecule has 0 aliphatic carbocycles. The molecule has 0 unspecified atom stereocenters. The van der Waals surface area contributed by atoms with Crippen molar-refractivity contribution in [2.24, 2.45) is 0 Å². The largest absolute Gasteiger partial charge is 0.503 e. The molecule has 0 bridgehead atoms. The van der Waals surface area contributed by atoms with E-state index < -0.39 is 29.3 Å². The molecular weight excluding hydrogens is 407 g/mol. The Morgan fingerprint density at radius 1 is 1.17 bits per heavy atom. The molecule has 0 spiro atoms. The fraction of sp³-hybridized carbons (Fsp3) is 0.364. The van der Waals surface area contributed by atoms with E-state index in [1.807, 2.05) is 0 Å². The van der Waals surface area contributed by atoms with E-state index in [0.29, 0.717) is 31.1 Å². The summed E-state index contributed by atoms with van der Waals surface area (Å²) in [7, 11) is 0. The summed E-state index contributed by atoms with van der Waals surface area (Å²) in [6.45, 7) is 4.09. The van der Waals surface area contributed by atoms with Gasteiger partial charge in [-0.3, -0.25) is 14.5 Å². The Kier molecular flexibility index (Phi) is 6.26. The van der Waals surface area contributed by atoms with E-state index in [0.717, 1.165) is 19.6 Å². The maximum atomic E-state index is 14.7. The summed E-state index contributed by atoms with van der Waals surface area (Å²) >= 11 is 1.22. The first kappa shape index (κ1) is 20.7. The standard InChI is InChI=1S/C22H23FN2O4S/c23-16-6-2-1-5-15(16)19-18(20(26)17-7-3-14-30-17)21(27)22(28)25(19)9-4-8-24-10-12-29-13-11-24/h1-3,5-7,14,19,27H,4,8-13H2/t19-/m0/s1. The third kappa shape index (κ3) is 4.03. The van der Waals surface area contributed by atoms with Gasteiger partial charge in [-0.15, -0.1) is 11.3 Å². The van der Waals surface area contributed by atoms with Gasteiger partial charge in [0.2, 0.25) is 5.78 Å². The van der Waals surface area contributed by atoms with Gasteiger partial charge in [0, 0.05) is 31.7 Å². The zero-order valence-electron chi connectivity index (χ0n) is 16.4. The van der Waals surface area contributed by atoms with E-state index in [1.165, 1.54) is 22.3 Å². The van der Waals surface area contributed by atoms with Crippen LogP contribution in [0.4, 0.5) is 4.39 Å². The molecule has 2 aliphatic heterocycles. The number of rotatable bonds is 7. The molecular formula is C22H23FN2O4S. The number of Topliss-reactive ketones (excluding diaryl/α,β-unsaturated/α-hetero) is 1. The van der Waals surface area contributed by atoms with E-state index in [1.54, 1.807) is 35.7 Å². The Balaban J connectivity index is 1.61. The maximum Gasteiger partial charge on any atom is 0.290 e. The maximum absolute atomic E-state index is 14.7. The van der Waals surface area contributed by atoms with Crippen LogP contribution in [0.1, 0.15) is 27.7 Å². The highest BCUT2D eigenvalue weighted by Crippen LogP contribution is 2.40. The number of thiophene rings is 1. The van der Waals surface area contributed by atoms with Crippen LogP contribution in [0, 0.1) is 5.82 Å². The lowest BCUT2D eigenvalue weighted by atomic mass is 9.95. The van der Waals surface area contributed by atoms with Crippen molar-refractivity contribution >= 4 is 23.0 Å². The lowest BCUT2D eigenvalue weighted by Gasteiger charge is -2.30. The second-order valence-electron chi connectivity index (χ2n) is 7.30. The quantitative estimate of drug-likeness (QED) is 0.684. The van der Waals surface area contributed by atoms with Crippen LogP contribution in [0.3, 0.4) is 0 Å². The molecule has 1 atom stereocenters. The van der Waals surface area contributed by atoms with E-state index in [9.17, 15) is 19.1 Å². The van der Waals surface area contributed by atoms with Crippen LogP contribution in [-0.2, 0) is 9.53 Å². The zero-order valence-corrected chi connectivity index (χ0v) is 17.2. The van der Waals surface area contributed by atoms with Crippen molar-refractivity contribution in [3.63, 3.8) is 0 Å². The second kappa shape index (κ2) is 9.07.